The molecule has 18 heavy (non-hydrogen) atoms. The van der Waals surface area contributed by atoms with Crippen LogP contribution in [0.4, 0.5) is 5.69 Å². The molecule has 1 aliphatic rings. The topological polar surface area (TPSA) is 32.7 Å². The Morgan fingerprint density at radius 2 is 2.00 bits per heavy atom. The van der Waals surface area contributed by atoms with Crippen molar-refractivity contribution in [3.8, 4) is 0 Å². The van der Waals surface area contributed by atoms with Crippen LogP contribution >= 0.6 is 0 Å². The molecule has 0 N–H and O–H groups in total. The third-order valence-corrected chi connectivity index (χ3v) is 3.03. The fourth-order valence-corrected chi connectivity index (χ4v) is 1.98. The predicted octanol–water partition coefficient (Wildman–Crippen LogP) is 3.38. The van der Waals surface area contributed by atoms with Gasteiger partial charge in [-0.05, 0) is 39.3 Å². The number of allylic oxidation sites excluding steroid dienone is 2. The first-order valence-corrected chi connectivity index (χ1v) is 6.17. The summed E-state index contributed by atoms with van der Waals surface area (Å²) in [7, 11) is 0. The minimum absolute atomic E-state index is 0.0659. The Balaban J connectivity index is 2.19. The molecule has 1 aromatic carbocycles. The van der Waals surface area contributed by atoms with Gasteiger partial charge in [0.05, 0.1) is 11.6 Å². The summed E-state index contributed by atoms with van der Waals surface area (Å²) in [6.45, 7) is 6.01. The van der Waals surface area contributed by atoms with Crippen molar-refractivity contribution in [2.45, 2.75) is 27.2 Å². The van der Waals surface area contributed by atoms with E-state index in [1.165, 1.54) is 10.6 Å². The molecule has 3 heteroatoms. The van der Waals surface area contributed by atoms with Gasteiger partial charge >= 0.3 is 0 Å². The van der Waals surface area contributed by atoms with Crippen LogP contribution in [0, 0.1) is 5.92 Å². The van der Waals surface area contributed by atoms with Gasteiger partial charge in [-0.2, -0.15) is 5.10 Å². The van der Waals surface area contributed by atoms with E-state index in [-0.39, 0.29) is 11.8 Å². The Kier molecular flexibility index (Phi) is 3.60. The van der Waals surface area contributed by atoms with E-state index in [1.54, 1.807) is 0 Å². The van der Waals surface area contributed by atoms with Crippen molar-refractivity contribution in [2.24, 2.45) is 11.0 Å². The Bertz CT molecular complexity index is 498. The molecule has 0 fully saturated rings. The first kappa shape index (κ1) is 12.6. The third-order valence-electron chi connectivity index (χ3n) is 3.03. The van der Waals surface area contributed by atoms with E-state index < -0.39 is 0 Å². The lowest BCUT2D eigenvalue weighted by molar-refractivity contribution is -0.119. The van der Waals surface area contributed by atoms with Crippen molar-refractivity contribution in [3.05, 3.63) is 42.0 Å². The van der Waals surface area contributed by atoms with Crippen LogP contribution in [-0.2, 0) is 4.79 Å². The third kappa shape index (κ3) is 2.50. The van der Waals surface area contributed by atoms with Crippen molar-refractivity contribution in [2.75, 3.05) is 5.01 Å². The molecule has 1 aromatic rings. The van der Waals surface area contributed by atoms with Crippen LogP contribution in [0.5, 0.6) is 0 Å². The molecule has 0 bridgehead atoms. The van der Waals surface area contributed by atoms with Gasteiger partial charge in [-0.1, -0.05) is 29.8 Å². The Morgan fingerprint density at radius 1 is 1.33 bits per heavy atom. The number of nitrogens with zero attached hydrogens (tertiary/aromatic N) is 2. The van der Waals surface area contributed by atoms with E-state index in [0.29, 0.717) is 0 Å². The van der Waals surface area contributed by atoms with Crippen molar-refractivity contribution >= 4 is 17.3 Å². The Hall–Kier alpha value is -1.90. The predicted molar refractivity (Wildman–Crippen MR) is 74.6 cm³/mol. The van der Waals surface area contributed by atoms with Crippen molar-refractivity contribution in [3.63, 3.8) is 0 Å². The van der Waals surface area contributed by atoms with Crippen LogP contribution in [0.2, 0.25) is 0 Å². The maximum absolute atomic E-state index is 12.3. The molecule has 94 valence electrons. The molecule has 1 aliphatic heterocycles. The SMILES string of the molecule is CC(C)=CCC1C(=O)N(c2ccccc2)N=C1C. The smallest absolute Gasteiger partial charge is 0.256 e. The van der Waals surface area contributed by atoms with Gasteiger partial charge in [-0.15, -0.1) is 0 Å². The molecular formula is C15H18N2O. The van der Waals surface area contributed by atoms with Gasteiger partial charge in [0.2, 0.25) is 0 Å². The summed E-state index contributed by atoms with van der Waals surface area (Å²) in [5, 5.41) is 5.88. The van der Waals surface area contributed by atoms with E-state index in [9.17, 15) is 4.79 Å². The fourth-order valence-electron chi connectivity index (χ4n) is 1.98. The standard InChI is InChI=1S/C15H18N2O/c1-11(2)9-10-14-12(3)16-17(15(14)18)13-7-5-4-6-8-13/h4-9,14H,10H2,1-3H3. The first-order chi connectivity index (χ1) is 8.59. The summed E-state index contributed by atoms with van der Waals surface area (Å²) in [6, 6.07) is 9.56. The second kappa shape index (κ2) is 5.17. The molecule has 1 atom stereocenters. The molecule has 3 nitrogen and oxygen atoms in total. The molecule has 0 aliphatic carbocycles. The maximum atomic E-state index is 12.3. The van der Waals surface area contributed by atoms with Crippen LogP contribution in [-0.4, -0.2) is 11.6 Å². The van der Waals surface area contributed by atoms with E-state index >= 15 is 0 Å². The largest absolute Gasteiger partial charge is 0.272 e. The number of hydrogen-bond acceptors (Lipinski definition) is 2. The number of carbonyl (C=O) groups excluding carboxylic acids is 1. The summed E-state index contributed by atoms with van der Waals surface area (Å²) < 4.78 is 0. The van der Waals surface area contributed by atoms with E-state index in [1.807, 2.05) is 51.1 Å². The summed E-state index contributed by atoms with van der Waals surface area (Å²) in [6.07, 6.45) is 2.83. The molecule has 0 radical (unpaired) electrons. The van der Waals surface area contributed by atoms with Crippen molar-refractivity contribution < 1.29 is 4.79 Å². The summed E-state index contributed by atoms with van der Waals surface area (Å²) >= 11 is 0. The van der Waals surface area contributed by atoms with Crippen LogP contribution in [0.1, 0.15) is 27.2 Å². The van der Waals surface area contributed by atoms with Gasteiger partial charge in [-0.25, -0.2) is 5.01 Å². The normalized spacial score (nSPS) is 18.8. The summed E-state index contributed by atoms with van der Waals surface area (Å²) in [4.78, 5) is 12.3. The van der Waals surface area contributed by atoms with E-state index in [0.717, 1.165) is 17.8 Å². The molecular weight excluding hydrogens is 224 g/mol. The molecule has 0 saturated carbocycles. The lowest BCUT2D eigenvalue weighted by Crippen LogP contribution is -2.26. The number of rotatable bonds is 3. The zero-order valence-corrected chi connectivity index (χ0v) is 11.1. The number of hydrogen-bond donors (Lipinski definition) is 0. The fraction of sp³-hybridized carbons (Fsp3) is 0.333. The Labute approximate surface area is 108 Å². The number of hydrazone groups is 1. The molecule has 1 heterocycles. The Morgan fingerprint density at radius 3 is 2.61 bits per heavy atom. The van der Waals surface area contributed by atoms with Gasteiger partial charge in [0.15, 0.2) is 0 Å². The van der Waals surface area contributed by atoms with E-state index in [4.69, 9.17) is 0 Å². The van der Waals surface area contributed by atoms with Gasteiger partial charge in [0.25, 0.3) is 5.91 Å². The lowest BCUT2D eigenvalue weighted by atomic mass is 9.99. The highest BCUT2D eigenvalue weighted by atomic mass is 16.2. The van der Waals surface area contributed by atoms with Gasteiger partial charge in [-0.3, -0.25) is 4.79 Å². The van der Waals surface area contributed by atoms with Crippen LogP contribution in [0.25, 0.3) is 0 Å². The first-order valence-electron chi connectivity index (χ1n) is 6.17. The van der Waals surface area contributed by atoms with E-state index in [2.05, 4.69) is 11.2 Å². The highest BCUT2D eigenvalue weighted by Gasteiger charge is 2.33. The number of para-hydroxylation sites is 1. The second-order valence-electron chi connectivity index (χ2n) is 4.80. The van der Waals surface area contributed by atoms with Gasteiger partial charge in [0.1, 0.15) is 0 Å². The molecule has 0 saturated heterocycles. The van der Waals surface area contributed by atoms with Gasteiger partial charge in [0, 0.05) is 5.71 Å². The average molecular weight is 242 g/mol. The number of benzene rings is 1. The van der Waals surface area contributed by atoms with Crippen LogP contribution < -0.4 is 5.01 Å². The molecule has 1 unspecified atom stereocenters. The van der Waals surface area contributed by atoms with Crippen LogP contribution in [0.3, 0.4) is 0 Å². The van der Waals surface area contributed by atoms with Crippen molar-refractivity contribution in [1.29, 1.82) is 0 Å². The highest BCUT2D eigenvalue weighted by molar-refractivity contribution is 6.14. The lowest BCUT2D eigenvalue weighted by Gasteiger charge is -2.13. The number of carbonyl (C=O) groups is 1. The number of anilines is 1. The molecule has 2 rings (SSSR count). The van der Waals surface area contributed by atoms with Crippen LogP contribution in [0.15, 0.2) is 47.1 Å². The maximum Gasteiger partial charge on any atom is 0.256 e. The molecule has 0 aromatic heterocycles. The highest BCUT2D eigenvalue weighted by Crippen LogP contribution is 2.25. The monoisotopic (exact) mass is 242 g/mol. The average Bonchev–Trinajstić information content (AvgIpc) is 2.63. The zero-order chi connectivity index (χ0) is 13.1. The molecule has 0 spiro atoms. The number of amides is 1. The summed E-state index contributed by atoms with van der Waals surface area (Å²) in [5.41, 5.74) is 2.96. The minimum Gasteiger partial charge on any atom is -0.272 e. The quantitative estimate of drug-likeness (QED) is 0.748. The van der Waals surface area contributed by atoms with Gasteiger partial charge < -0.3 is 0 Å². The minimum atomic E-state index is -0.111. The second-order valence-corrected chi connectivity index (χ2v) is 4.80. The zero-order valence-electron chi connectivity index (χ0n) is 11.1. The molecule has 1 amide bonds. The van der Waals surface area contributed by atoms with Crippen molar-refractivity contribution in [1.82, 2.24) is 0 Å². The summed E-state index contributed by atoms with van der Waals surface area (Å²) in [5.74, 6) is -0.0451.